The van der Waals surface area contributed by atoms with Gasteiger partial charge in [0, 0.05) is 12.1 Å². The number of anilines is 1. The number of nitrogens with one attached hydrogen (secondary N) is 1. The van der Waals surface area contributed by atoms with Crippen LogP contribution in [0.25, 0.3) is 0 Å². The normalized spacial score (nSPS) is 10.4. The van der Waals surface area contributed by atoms with Gasteiger partial charge in [-0.2, -0.15) is 0 Å². The molecule has 1 heterocycles. The van der Waals surface area contributed by atoms with E-state index in [1.54, 1.807) is 6.07 Å². The number of pyridine rings is 1. The summed E-state index contributed by atoms with van der Waals surface area (Å²) in [6.07, 6.45) is 0. The van der Waals surface area contributed by atoms with Crippen molar-refractivity contribution in [3.63, 3.8) is 0 Å². The molecule has 0 amide bonds. The number of nitrogens with zero attached hydrogens (tertiary/aromatic N) is 1. The zero-order valence-electron chi connectivity index (χ0n) is 10.4. The van der Waals surface area contributed by atoms with Crippen LogP contribution in [-0.2, 0) is 6.54 Å². The van der Waals surface area contributed by atoms with E-state index in [1.165, 1.54) is 0 Å². The monoisotopic (exact) mass is 306 g/mol. The molecule has 0 aliphatic carbocycles. The van der Waals surface area contributed by atoms with Gasteiger partial charge in [0.05, 0.1) is 11.4 Å². The van der Waals surface area contributed by atoms with Gasteiger partial charge in [0.2, 0.25) is 0 Å². The van der Waals surface area contributed by atoms with Gasteiger partial charge in [0.1, 0.15) is 10.4 Å². The number of aryl methyl sites for hydroxylation is 2. The fourth-order valence-electron chi connectivity index (χ4n) is 1.76. The van der Waals surface area contributed by atoms with Gasteiger partial charge in [-0.15, -0.1) is 0 Å². The lowest BCUT2D eigenvalue weighted by Crippen LogP contribution is -2.02. The van der Waals surface area contributed by atoms with Gasteiger partial charge in [-0.25, -0.2) is 4.98 Å². The Kier molecular flexibility index (Phi) is 3.87. The maximum Gasteiger partial charge on any atom is 0.120 e. The Balaban J connectivity index is 2.13. The van der Waals surface area contributed by atoms with Crippen LogP contribution in [0.15, 0.2) is 34.9 Å². The molecule has 4 heteroatoms. The van der Waals surface area contributed by atoms with Crippen LogP contribution < -0.4 is 5.32 Å². The van der Waals surface area contributed by atoms with Crippen molar-refractivity contribution in [1.29, 1.82) is 0 Å². The van der Waals surface area contributed by atoms with Crippen LogP contribution in [0.2, 0.25) is 0 Å². The predicted molar refractivity (Wildman–Crippen MR) is 76.8 cm³/mol. The van der Waals surface area contributed by atoms with Crippen molar-refractivity contribution in [1.82, 2.24) is 4.98 Å². The summed E-state index contributed by atoms with van der Waals surface area (Å²) in [7, 11) is 0. The summed E-state index contributed by atoms with van der Waals surface area (Å²) < 4.78 is 0.823. The largest absolute Gasteiger partial charge is 0.508 e. The first kappa shape index (κ1) is 12.9. The maximum absolute atomic E-state index is 9.76. The standard InChI is InChI=1S/C14H15BrN2O/c1-9-3-5-13(18)11(7-9)8-16-12-4-6-14(15)17-10(12)2/h3-7,16,18H,8H2,1-2H3. The summed E-state index contributed by atoms with van der Waals surface area (Å²) in [5.41, 5.74) is 3.92. The zero-order chi connectivity index (χ0) is 13.1. The van der Waals surface area contributed by atoms with Crippen molar-refractivity contribution in [3.8, 4) is 5.75 Å². The van der Waals surface area contributed by atoms with Crippen LogP contribution in [0.3, 0.4) is 0 Å². The Morgan fingerprint density at radius 3 is 2.72 bits per heavy atom. The number of hydrogen-bond acceptors (Lipinski definition) is 3. The highest BCUT2D eigenvalue weighted by atomic mass is 79.9. The minimum atomic E-state index is 0.316. The molecule has 0 spiro atoms. The molecule has 3 nitrogen and oxygen atoms in total. The second-order valence-electron chi connectivity index (χ2n) is 4.25. The Hall–Kier alpha value is -1.55. The van der Waals surface area contributed by atoms with Crippen LogP contribution in [0, 0.1) is 13.8 Å². The van der Waals surface area contributed by atoms with E-state index in [0.29, 0.717) is 12.3 Å². The molecule has 1 aromatic heterocycles. The molecule has 2 N–H and O–H groups in total. The fourth-order valence-corrected chi connectivity index (χ4v) is 2.16. The molecule has 0 saturated heterocycles. The molecule has 0 bridgehead atoms. The quantitative estimate of drug-likeness (QED) is 0.848. The lowest BCUT2D eigenvalue weighted by molar-refractivity contribution is 0.469. The number of benzene rings is 1. The Bertz CT molecular complexity index is 570. The van der Waals surface area contributed by atoms with Gasteiger partial charge < -0.3 is 10.4 Å². The highest BCUT2D eigenvalue weighted by molar-refractivity contribution is 9.10. The lowest BCUT2D eigenvalue weighted by atomic mass is 10.1. The molecule has 1 aromatic carbocycles. The van der Waals surface area contributed by atoms with Gasteiger partial charge in [-0.3, -0.25) is 0 Å². The number of rotatable bonds is 3. The molecule has 0 unspecified atom stereocenters. The molecule has 0 atom stereocenters. The van der Waals surface area contributed by atoms with E-state index < -0.39 is 0 Å². The number of halogens is 1. The van der Waals surface area contributed by atoms with Crippen molar-refractivity contribution < 1.29 is 5.11 Å². The third-order valence-electron chi connectivity index (χ3n) is 2.76. The molecule has 18 heavy (non-hydrogen) atoms. The van der Waals surface area contributed by atoms with E-state index >= 15 is 0 Å². The Morgan fingerprint density at radius 1 is 1.22 bits per heavy atom. The minimum Gasteiger partial charge on any atom is -0.508 e. The van der Waals surface area contributed by atoms with Crippen molar-refractivity contribution in [2.24, 2.45) is 0 Å². The fraction of sp³-hybridized carbons (Fsp3) is 0.214. The molecule has 94 valence electrons. The molecule has 0 aliphatic heterocycles. The molecule has 2 rings (SSSR count). The molecule has 2 aromatic rings. The van der Waals surface area contributed by atoms with Gasteiger partial charge in [-0.05, 0) is 48.0 Å². The molecule has 0 radical (unpaired) electrons. The van der Waals surface area contributed by atoms with Gasteiger partial charge in [0.15, 0.2) is 0 Å². The first-order chi connectivity index (χ1) is 8.56. The third-order valence-corrected chi connectivity index (χ3v) is 3.20. The number of aromatic nitrogens is 1. The summed E-state index contributed by atoms with van der Waals surface area (Å²) >= 11 is 3.33. The summed E-state index contributed by atoms with van der Waals surface area (Å²) in [6.45, 7) is 4.54. The maximum atomic E-state index is 9.76. The van der Waals surface area contributed by atoms with Crippen LogP contribution in [0.4, 0.5) is 5.69 Å². The zero-order valence-corrected chi connectivity index (χ0v) is 12.0. The molecular formula is C14H15BrN2O. The van der Waals surface area contributed by atoms with Crippen LogP contribution in [-0.4, -0.2) is 10.1 Å². The van der Waals surface area contributed by atoms with E-state index in [0.717, 1.165) is 27.1 Å². The first-order valence-electron chi connectivity index (χ1n) is 5.72. The lowest BCUT2D eigenvalue weighted by Gasteiger charge is -2.11. The van der Waals surface area contributed by atoms with Gasteiger partial charge >= 0.3 is 0 Å². The van der Waals surface area contributed by atoms with Crippen molar-refractivity contribution in [3.05, 3.63) is 51.8 Å². The molecule has 0 fully saturated rings. The van der Waals surface area contributed by atoms with E-state index in [1.807, 2.05) is 38.1 Å². The predicted octanol–water partition coefficient (Wildman–Crippen LogP) is 3.78. The van der Waals surface area contributed by atoms with E-state index in [-0.39, 0.29) is 0 Å². The first-order valence-corrected chi connectivity index (χ1v) is 6.51. The van der Waals surface area contributed by atoms with Gasteiger partial charge in [-0.1, -0.05) is 17.7 Å². The van der Waals surface area contributed by atoms with Crippen molar-refractivity contribution in [2.45, 2.75) is 20.4 Å². The van der Waals surface area contributed by atoms with Crippen LogP contribution >= 0.6 is 15.9 Å². The van der Waals surface area contributed by atoms with Crippen molar-refractivity contribution >= 4 is 21.6 Å². The summed E-state index contributed by atoms with van der Waals surface area (Å²) in [5, 5.41) is 13.0. The molecular weight excluding hydrogens is 292 g/mol. The average Bonchev–Trinajstić information content (AvgIpc) is 2.32. The highest BCUT2D eigenvalue weighted by Crippen LogP contribution is 2.21. The number of aromatic hydroxyl groups is 1. The molecule has 0 aliphatic rings. The smallest absolute Gasteiger partial charge is 0.120 e. The topological polar surface area (TPSA) is 45.1 Å². The van der Waals surface area contributed by atoms with E-state index in [2.05, 4.69) is 26.2 Å². The second kappa shape index (κ2) is 5.40. The number of phenols is 1. The van der Waals surface area contributed by atoms with Crippen LogP contribution in [0.5, 0.6) is 5.75 Å². The van der Waals surface area contributed by atoms with Gasteiger partial charge in [0.25, 0.3) is 0 Å². The van der Waals surface area contributed by atoms with Crippen LogP contribution in [0.1, 0.15) is 16.8 Å². The molecule has 0 saturated carbocycles. The summed E-state index contributed by atoms with van der Waals surface area (Å²) in [5.74, 6) is 0.316. The van der Waals surface area contributed by atoms with Crippen molar-refractivity contribution in [2.75, 3.05) is 5.32 Å². The van der Waals surface area contributed by atoms with E-state index in [9.17, 15) is 5.11 Å². The summed E-state index contributed by atoms with van der Waals surface area (Å²) in [4.78, 5) is 4.32. The second-order valence-corrected chi connectivity index (χ2v) is 5.07. The number of hydrogen-bond donors (Lipinski definition) is 2. The third kappa shape index (κ3) is 3.01. The summed E-state index contributed by atoms with van der Waals surface area (Å²) in [6, 6.07) is 9.46. The van der Waals surface area contributed by atoms with E-state index in [4.69, 9.17) is 0 Å². The number of phenolic OH excluding ortho intramolecular Hbond substituents is 1. The minimum absolute atomic E-state index is 0.316. The average molecular weight is 307 g/mol. The Labute approximate surface area is 115 Å². The Morgan fingerprint density at radius 2 is 2.00 bits per heavy atom. The SMILES string of the molecule is Cc1ccc(O)c(CNc2ccc(Br)nc2C)c1. The highest BCUT2D eigenvalue weighted by Gasteiger charge is 2.03.